The SMILES string of the molecule is CCCCN(C)CCCN(Cc1cccs1)C(=S)Nc1ccccc1F. The number of hydrogen-bond acceptors (Lipinski definition) is 3. The lowest BCUT2D eigenvalue weighted by atomic mass is 10.3. The average molecular weight is 394 g/mol. The van der Waals surface area contributed by atoms with Gasteiger partial charge in [-0.1, -0.05) is 31.5 Å². The molecule has 0 radical (unpaired) electrons. The topological polar surface area (TPSA) is 18.5 Å². The first-order chi connectivity index (χ1) is 12.6. The number of hydrogen-bond donors (Lipinski definition) is 1. The van der Waals surface area contributed by atoms with Crippen molar-refractivity contribution in [2.45, 2.75) is 32.7 Å². The monoisotopic (exact) mass is 393 g/mol. The van der Waals surface area contributed by atoms with Crippen LogP contribution in [-0.4, -0.2) is 41.6 Å². The molecule has 0 aliphatic heterocycles. The van der Waals surface area contributed by atoms with Crippen molar-refractivity contribution in [2.75, 3.05) is 32.0 Å². The summed E-state index contributed by atoms with van der Waals surface area (Å²) >= 11 is 7.29. The van der Waals surface area contributed by atoms with E-state index < -0.39 is 0 Å². The molecule has 2 aromatic rings. The van der Waals surface area contributed by atoms with Crippen molar-refractivity contribution in [3.05, 3.63) is 52.5 Å². The summed E-state index contributed by atoms with van der Waals surface area (Å²) < 4.78 is 13.9. The summed E-state index contributed by atoms with van der Waals surface area (Å²) in [5, 5.41) is 5.71. The van der Waals surface area contributed by atoms with Gasteiger partial charge < -0.3 is 15.1 Å². The maximum absolute atomic E-state index is 13.9. The Kier molecular flexibility index (Phi) is 9.01. The van der Waals surface area contributed by atoms with E-state index in [4.69, 9.17) is 12.2 Å². The number of halogens is 1. The van der Waals surface area contributed by atoms with Crippen molar-refractivity contribution in [3.8, 4) is 0 Å². The molecule has 0 saturated heterocycles. The maximum Gasteiger partial charge on any atom is 0.173 e. The van der Waals surface area contributed by atoms with Crippen LogP contribution < -0.4 is 5.32 Å². The number of nitrogens with zero attached hydrogens (tertiary/aromatic N) is 2. The summed E-state index contributed by atoms with van der Waals surface area (Å²) in [6.07, 6.45) is 3.46. The van der Waals surface area contributed by atoms with Gasteiger partial charge in [-0.25, -0.2) is 4.39 Å². The number of benzene rings is 1. The molecule has 0 aliphatic rings. The van der Waals surface area contributed by atoms with Gasteiger partial charge in [0.05, 0.1) is 12.2 Å². The van der Waals surface area contributed by atoms with Crippen molar-refractivity contribution in [2.24, 2.45) is 0 Å². The van der Waals surface area contributed by atoms with Crippen LogP contribution in [0.2, 0.25) is 0 Å². The minimum atomic E-state index is -0.287. The number of anilines is 1. The van der Waals surface area contributed by atoms with Gasteiger partial charge in [0.1, 0.15) is 5.82 Å². The average Bonchev–Trinajstić information content (AvgIpc) is 3.14. The zero-order chi connectivity index (χ0) is 18.8. The molecule has 0 spiro atoms. The first kappa shape index (κ1) is 20.8. The van der Waals surface area contributed by atoms with Crippen molar-refractivity contribution in [3.63, 3.8) is 0 Å². The predicted molar refractivity (Wildman–Crippen MR) is 114 cm³/mol. The zero-order valence-corrected chi connectivity index (χ0v) is 17.2. The van der Waals surface area contributed by atoms with Gasteiger partial charge in [-0.05, 0) is 68.8 Å². The third-order valence-corrected chi connectivity index (χ3v) is 5.41. The number of unbranched alkanes of at least 4 members (excludes halogenated alkanes) is 1. The van der Waals surface area contributed by atoms with Crippen molar-refractivity contribution >= 4 is 34.4 Å². The molecule has 26 heavy (non-hydrogen) atoms. The van der Waals surface area contributed by atoms with E-state index in [1.165, 1.54) is 23.8 Å². The Labute approximate surface area is 165 Å². The van der Waals surface area contributed by atoms with Crippen LogP contribution in [0.25, 0.3) is 0 Å². The molecule has 0 unspecified atom stereocenters. The fourth-order valence-electron chi connectivity index (χ4n) is 2.67. The summed E-state index contributed by atoms with van der Waals surface area (Å²) in [5.74, 6) is -0.287. The highest BCUT2D eigenvalue weighted by Gasteiger charge is 2.13. The van der Waals surface area contributed by atoms with Gasteiger partial charge in [0, 0.05) is 11.4 Å². The molecule has 0 bridgehead atoms. The third kappa shape index (κ3) is 7.02. The molecule has 1 N–H and O–H groups in total. The first-order valence-corrected chi connectivity index (χ1v) is 10.4. The number of para-hydroxylation sites is 1. The van der Waals surface area contributed by atoms with E-state index in [9.17, 15) is 4.39 Å². The van der Waals surface area contributed by atoms with Crippen LogP contribution in [0.3, 0.4) is 0 Å². The van der Waals surface area contributed by atoms with Crippen LogP contribution in [0.5, 0.6) is 0 Å². The van der Waals surface area contributed by atoms with E-state index in [1.807, 2.05) is 6.07 Å². The predicted octanol–water partition coefficient (Wildman–Crippen LogP) is 5.21. The Balaban J connectivity index is 1.94. The van der Waals surface area contributed by atoms with Crippen LogP contribution in [0, 0.1) is 5.82 Å². The quantitative estimate of drug-likeness (QED) is 0.558. The van der Waals surface area contributed by atoms with Gasteiger partial charge in [0.2, 0.25) is 0 Å². The second-order valence-corrected chi connectivity index (χ2v) is 7.84. The molecule has 1 aromatic carbocycles. The zero-order valence-electron chi connectivity index (χ0n) is 15.6. The molecule has 0 amide bonds. The minimum Gasteiger partial charge on any atom is -0.344 e. The molecule has 0 fully saturated rings. The lowest BCUT2D eigenvalue weighted by molar-refractivity contribution is 0.300. The van der Waals surface area contributed by atoms with Gasteiger partial charge in [-0.2, -0.15) is 0 Å². The molecule has 3 nitrogen and oxygen atoms in total. The Bertz CT molecular complexity index is 661. The number of rotatable bonds is 10. The van der Waals surface area contributed by atoms with Crippen LogP contribution in [0.1, 0.15) is 31.1 Å². The summed E-state index contributed by atoms with van der Waals surface area (Å²) in [5.41, 5.74) is 0.425. The van der Waals surface area contributed by atoms with Crippen molar-refractivity contribution in [1.82, 2.24) is 9.80 Å². The van der Waals surface area contributed by atoms with Crippen molar-refractivity contribution < 1.29 is 4.39 Å². The van der Waals surface area contributed by atoms with Gasteiger partial charge in [0.25, 0.3) is 0 Å². The van der Waals surface area contributed by atoms with E-state index in [-0.39, 0.29) is 5.82 Å². The normalized spacial score (nSPS) is 10.9. The highest BCUT2D eigenvalue weighted by atomic mass is 32.1. The van der Waals surface area contributed by atoms with E-state index in [1.54, 1.807) is 29.5 Å². The second-order valence-electron chi connectivity index (χ2n) is 6.42. The van der Waals surface area contributed by atoms with E-state index in [0.717, 1.165) is 32.6 Å². The van der Waals surface area contributed by atoms with Gasteiger partial charge >= 0.3 is 0 Å². The summed E-state index contributed by atoms with van der Waals surface area (Å²) in [7, 11) is 2.16. The molecule has 1 aromatic heterocycles. The van der Waals surface area contributed by atoms with E-state index >= 15 is 0 Å². The van der Waals surface area contributed by atoms with E-state index in [2.05, 4.69) is 40.5 Å². The van der Waals surface area contributed by atoms with Crippen LogP contribution in [-0.2, 0) is 6.54 Å². The van der Waals surface area contributed by atoms with Crippen molar-refractivity contribution in [1.29, 1.82) is 0 Å². The molecular formula is C20H28FN3S2. The highest BCUT2D eigenvalue weighted by molar-refractivity contribution is 7.80. The molecular weight excluding hydrogens is 365 g/mol. The molecule has 1 heterocycles. The fraction of sp³-hybridized carbons (Fsp3) is 0.450. The van der Waals surface area contributed by atoms with Gasteiger partial charge in [-0.15, -0.1) is 11.3 Å². The first-order valence-electron chi connectivity index (χ1n) is 9.11. The van der Waals surface area contributed by atoms with Crippen LogP contribution >= 0.6 is 23.6 Å². The smallest absolute Gasteiger partial charge is 0.173 e. The third-order valence-electron chi connectivity index (χ3n) is 4.19. The molecule has 2 rings (SSSR count). The minimum absolute atomic E-state index is 0.287. The summed E-state index contributed by atoms with van der Waals surface area (Å²) in [4.78, 5) is 5.74. The van der Waals surface area contributed by atoms with E-state index in [0.29, 0.717) is 10.8 Å². The van der Waals surface area contributed by atoms with Gasteiger partial charge in [0.15, 0.2) is 5.11 Å². The van der Waals surface area contributed by atoms with Crippen LogP contribution in [0.15, 0.2) is 41.8 Å². The number of nitrogens with one attached hydrogen (secondary N) is 1. The lowest BCUT2D eigenvalue weighted by Gasteiger charge is -2.27. The summed E-state index contributed by atoms with van der Waals surface area (Å²) in [6.45, 7) is 5.96. The maximum atomic E-state index is 13.9. The summed E-state index contributed by atoms with van der Waals surface area (Å²) in [6, 6.07) is 10.8. The Morgan fingerprint density at radius 1 is 1.12 bits per heavy atom. The molecule has 142 valence electrons. The largest absolute Gasteiger partial charge is 0.344 e. The molecule has 0 aliphatic carbocycles. The van der Waals surface area contributed by atoms with Gasteiger partial charge in [-0.3, -0.25) is 0 Å². The second kappa shape index (κ2) is 11.3. The molecule has 6 heteroatoms. The highest BCUT2D eigenvalue weighted by Crippen LogP contribution is 2.16. The van der Waals surface area contributed by atoms with Crippen LogP contribution in [0.4, 0.5) is 10.1 Å². The number of thiophene rings is 1. The molecule has 0 atom stereocenters. The molecule has 0 saturated carbocycles. The number of thiocarbonyl (C=S) groups is 1. The lowest BCUT2D eigenvalue weighted by Crippen LogP contribution is -2.36. The Morgan fingerprint density at radius 2 is 1.88 bits per heavy atom. The Hall–Kier alpha value is -1.50. The fourth-order valence-corrected chi connectivity index (χ4v) is 3.66. The standard InChI is InChI=1S/C20H28FN3S2/c1-3-4-12-23(2)13-8-14-24(16-17-9-7-15-26-17)20(25)22-19-11-6-5-10-18(19)21/h5-7,9-11,15H,3-4,8,12-14,16H2,1-2H3,(H,22,25). The Morgan fingerprint density at radius 3 is 2.58 bits per heavy atom.